The van der Waals surface area contributed by atoms with Crippen LogP contribution in [0.2, 0.25) is 0 Å². The van der Waals surface area contributed by atoms with Crippen molar-refractivity contribution in [1.29, 1.82) is 0 Å². The standard InChI is InChI=1S/C28H31FN4O5/c29-20-3-1-18(2-4-20)19-13-22-24(34)23(27(36)38-17-31-21-14-28(15-21)5-6-28)26(35)33(25(22)30-16-19)8-7-32-9-11-37-12-10-32/h1-4,13,16,21,31,34H,5-12,14-15,17H2. The summed E-state index contributed by atoms with van der Waals surface area (Å²) < 4.78 is 25.7. The Bertz CT molecular complexity index is 1410. The highest BCUT2D eigenvalue weighted by molar-refractivity contribution is 5.99. The maximum atomic E-state index is 13.5. The van der Waals surface area contributed by atoms with E-state index in [0.717, 1.165) is 25.9 Å². The molecule has 1 saturated heterocycles. The number of carbonyl (C=O) groups is 1. The minimum atomic E-state index is -0.880. The summed E-state index contributed by atoms with van der Waals surface area (Å²) in [5, 5.41) is 14.6. The van der Waals surface area contributed by atoms with Crippen LogP contribution in [0.1, 0.15) is 36.0 Å². The highest BCUT2D eigenvalue weighted by Crippen LogP contribution is 2.60. The summed E-state index contributed by atoms with van der Waals surface area (Å²) in [6.45, 7) is 3.55. The van der Waals surface area contributed by atoms with E-state index in [9.17, 15) is 19.1 Å². The Balaban J connectivity index is 1.31. The van der Waals surface area contributed by atoms with Crippen molar-refractivity contribution in [3.63, 3.8) is 0 Å². The van der Waals surface area contributed by atoms with Crippen LogP contribution >= 0.6 is 0 Å². The number of halogens is 1. The van der Waals surface area contributed by atoms with Crippen LogP contribution in [0.25, 0.3) is 22.2 Å². The van der Waals surface area contributed by atoms with E-state index in [2.05, 4.69) is 15.2 Å². The molecule has 3 aliphatic rings. The van der Waals surface area contributed by atoms with E-state index in [1.165, 1.54) is 29.5 Å². The Morgan fingerprint density at radius 3 is 2.61 bits per heavy atom. The number of aromatic nitrogens is 2. The first-order valence-electron chi connectivity index (χ1n) is 13.1. The number of pyridine rings is 2. The van der Waals surface area contributed by atoms with Gasteiger partial charge in [0.05, 0.1) is 18.6 Å². The lowest BCUT2D eigenvalue weighted by Crippen LogP contribution is -2.43. The first kappa shape index (κ1) is 25.0. The summed E-state index contributed by atoms with van der Waals surface area (Å²) in [5.41, 5.74) is 1.04. The molecule has 1 spiro atoms. The number of nitrogens with zero attached hydrogens (tertiary/aromatic N) is 3. The molecular weight excluding hydrogens is 491 g/mol. The number of hydrogen-bond donors (Lipinski definition) is 2. The van der Waals surface area contributed by atoms with E-state index in [4.69, 9.17) is 9.47 Å². The van der Waals surface area contributed by atoms with Crippen LogP contribution < -0.4 is 10.9 Å². The van der Waals surface area contributed by atoms with Crippen LogP contribution in [0.5, 0.6) is 5.75 Å². The Morgan fingerprint density at radius 2 is 1.89 bits per heavy atom. The van der Waals surface area contributed by atoms with Gasteiger partial charge in [0, 0.05) is 44.0 Å². The third kappa shape index (κ3) is 4.91. The molecule has 2 saturated carbocycles. The molecule has 10 heteroatoms. The molecule has 200 valence electrons. The van der Waals surface area contributed by atoms with Gasteiger partial charge in [-0.3, -0.25) is 19.6 Å². The van der Waals surface area contributed by atoms with E-state index in [0.29, 0.717) is 42.3 Å². The van der Waals surface area contributed by atoms with Crippen LogP contribution in [-0.4, -0.2) is 71.1 Å². The van der Waals surface area contributed by atoms with Gasteiger partial charge in [-0.15, -0.1) is 0 Å². The largest absolute Gasteiger partial charge is 0.506 e. The van der Waals surface area contributed by atoms with Crippen LogP contribution in [0.3, 0.4) is 0 Å². The summed E-state index contributed by atoms with van der Waals surface area (Å²) >= 11 is 0. The molecule has 0 atom stereocenters. The topological polar surface area (TPSA) is 106 Å². The first-order chi connectivity index (χ1) is 18.4. The fraction of sp³-hybridized carbons (Fsp3) is 0.464. The minimum Gasteiger partial charge on any atom is -0.506 e. The lowest BCUT2D eigenvalue weighted by molar-refractivity contribution is 0.0363. The number of benzene rings is 1. The minimum absolute atomic E-state index is 0.0296. The summed E-state index contributed by atoms with van der Waals surface area (Å²) in [6, 6.07) is 7.86. The predicted octanol–water partition coefficient (Wildman–Crippen LogP) is 2.89. The molecule has 0 bridgehead atoms. The van der Waals surface area contributed by atoms with Crippen molar-refractivity contribution in [2.75, 3.05) is 39.6 Å². The van der Waals surface area contributed by atoms with Crippen molar-refractivity contribution in [3.8, 4) is 16.9 Å². The van der Waals surface area contributed by atoms with Gasteiger partial charge in [0.15, 0.2) is 5.56 Å². The number of carbonyl (C=O) groups excluding carboxylic acids is 1. The zero-order valence-corrected chi connectivity index (χ0v) is 21.1. The van der Waals surface area contributed by atoms with Gasteiger partial charge < -0.3 is 14.6 Å². The molecule has 9 nitrogen and oxygen atoms in total. The van der Waals surface area contributed by atoms with Gasteiger partial charge >= 0.3 is 5.97 Å². The molecule has 2 N–H and O–H groups in total. The van der Waals surface area contributed by atoms with Crippen molar-refractivity contribution in [2.45, 2.75) is 38.3 Å². The molecule has 6 rings (SSSR count). The summed E-state index contributed by atoms with van der Waals surface area (Å²) in [5.74, 6) is -1.71. The van der Waals surface area contributed by atoms with Crippen molar-refractivity contribution in [2.24, 2.45) is 5.41 Å². The fourth-order valence-corrected chi connectivity index (χ4v) is 5.58. The third-order valence-corrected chi connectivity index (χ3v) is 8.09. The monoisotopic (exact) mass is 522 g/mol. The van der Waals surface area contributed by atoms with Crippen molar-refractivity contribution < 1.29 is 23.8 Å². The van der Waals surface area contributed by atoms with Crippen LogP contribution in [-0.2, 0) is 16.0 Å². The molecule has 3 heterocycles. The zero-order chi connectivity index (χ0) is 26.3. The Morgan fingerprint density at radius 1 is 1.16 bits per heavy atom. The van der Waals surface area contributed by atoms with Gasteiger partial charge in [-0.05, 0) is 54.9 Å². The van der Waals surface area contributed by atoms with Crippen molar-refractivity contribution in [3.05, 3.63) is 58.3 Å². The zero-order valence-electron chi connectivity index (χ0n) is 21.1. The van der Waals surface area contributed by atoms with Crippen LogP contribution in [0.4, 0.5) is 4.39 Å². The number of ether oxygens (including phenoxy) is 2. The number of nitrogens with one attached hydrogen (secondary N) is 1. The molecule has 2 aliphatic carbocycles. The number of esters is 1. The van der Waals surface area contributed by atoms with E-state index in [1.807, 2.05) is 0 Å². The van der Waals surface area contributed by atoms with Gasteiger partial charge in [0.2, 0.25) is 0 Å². The Labute approximate surface area is 219 Å². The van der Waals surface area contributed by atoms with Gasteiger partial charge in [0.25, 0.3) is 5.56 Å². The van der Waals surface area contributed by atoms with Gasteiger partial charge in [-0.2, -0.15) is 0 Å². The molecular formula is C28H31FN4O5. The normalized spacial score (nSPS) is 19.0. The summed E-state index contributed by atoms with van der Waals surface area (Å²) in [4.78, 5) is 33.3. The maximum absolute atomic E-state index is 13.5. The number of aromatic hydroxyl groups is 1. The molecule has 1 aliphatic heterocycles. The Hall–Kier alpha value is -3.34. The molecule has 38 heavy (non-hydrogen) atoms. The van der Waals surface area contributed by atoms with Crippen molar-refractivity contribution in [1.82, 2.24) is 19.8 Å². The molecule has 0 amide bonds. The van der Waals surface area contributed by atoms with Gasteiger partial charge in [-0.1, -0.05) is 12.1 Å². The van der Waals surface area contributed by atoms with E-state index in [-0.39, 0.29) is 30.1 Å². The van der Waals surface area contributed by atoms with Gasteiger partial charge in [-0.25, -0.2) is 14.2 Å². The lowest BCUT2D eigenvalue weighted by Gasteiger charge is -2.36. The smallest absolute Gasteiger partial charge is 0.348 e. The van der Waals surface area contributed by atoms with Crippen molar-refractivity contribution >= 4 is 17.0 Å². The first-order valence-corrected chi connectivity index (χ1v) is 13.1. The number of morpholine rings is 1. The molecule has 3 aromatic rings. The number of rotatable bonds is 8. The van der Waals surface area contributed by atoms with Crippen LogP contribution in [0.15, 0.2) is 41.3 Å². The molecule has 0 unspecified atom stereocenters. The molecule has 1 aromatic carbocycles. The van der Waals surface area contributed by atoms with Gasteiger partial charge in [0.1, 0.15) is 23.9 Å². The summed E-state index contributed by atoms with van der Waals surface area (Å²) in [6.07, 6.45) is 6.28. The SMILES string of the molecule is O=C(OCNC1CC2(CC2)C1)c1c(O)c2cc(-c3ccc(F)cc3)cnc2n(CCN2CCOCC2)c1=O. The number of hydrogen-bond acceptors (Lipinski definition) is 8. The third-order valence-electron chi connectivity index (χ3n) is 8.09. The lowest BCUT2D eigenvalue weighted by atomic mass is 9.77. The second kappa shape index (κ2) is 10.1. The second-order valence-electron chi connectivity index (χ2n) is 10.6. The highest BCUT2D eigenvalue weighted by Gasteiger charge is 2.52. The molecule has 3 fully saturated rings. The van der Waals surface area contributed by atoms with E-state index >= 15 is 0 Å². The maximum Gasteiger partial charge on any atom is 0.348 e. The number of fused-ring (bicyclic) bond motifs is 1. The van der Waals surface area contributed by atoms with Crippen LogP contribution in [0, 0.1) is 11.2 Å². The molecule has 2 aromatic heterocycles. The second-order valence-corrected chi connectivity index (χ2v) is 10.6. The summed E-state index contributed by atoms with van der Waals surface area (Å²) in [7, 11) is 0. The quantitative estimate of drug-likeness (QED) is 0.344. The fourth-order valence-electron chi connectivity index (χ4n) is 5.58. The molecule has 0 radical (unpaired) electrons. The van der Waals surface area contributed by atoms with E-state index in [1.54, 1.807) is 24.4 Å². The Kier molecular flexibility index (Phi) is 6.63. The predicted molar refractivity (Wildman–Crippen MR) is 138 cm³/mol. The average molecular weight is 523 g/mol. The van der Waals surface area contributed by atoms with E-state index < -0.39 is 22.8 Å². The average Bonchev–Trinajstić information content (AvgIpc) is 3.70. The highest BCUT2D eigenvalue weighted by atomic mass is 19.1.